The molecule has 0 amide bonds. The molecule has 1 aromatic rings. The summed E-state index contributed by atoms with van der Waals surface area (Å²) in [5, 5.41) is 0. The van der Waals surface area contributed by atoms with E-state index in [4.69, 9.17) is 10.5 Å². The van der Waals surface area contributed by atoms with Crippen molar-refractivity contribution in [3.63, 3.8) is 0 Å². The van der Waals surface area contributed by atoms with Crippen LogP contribution in [0, 0.1) is 0 Å². The van der Waals surface area contributed by atoms with E-state index < -0.39 is 0 Å². The highest BCUT2D eigenvalue weighted by Gasteiger charge is 2.09. The molecule has 3 nitrogen and oxygen atoms in total. The zero-order valence-corrected chi connectivity index (χ0v) is 11.8. The van der Waals surface area contributed by atoms with Crippen molar-refractivity contribution in [2.45, 2.75) is 19.4 Å². The minimum Gasteiger partial charge on any atom is -0.492 e. The Morgan fingerprint density at radius 2 is 2.00 bits per heavy atom. The lowest BCUT2D eigenvalue weighted by Gasteiger charge is -2.11. The fraction of sp³-hybridized carbons (Fsp3) is 0.235. The molecule has 1 rings (SSSR count). The van der Waals surface area contributed by atoms with E-state index in [1.54, 1.807) is 36.4 Å². The lowest BCUT2D eigenvalue weighted by molar-refractivity contribution is 0.103. The third-order valence-electron chi connectivity index (χ3n) is 2.88. The molecule has 3 heteroatoms. The molecule has 0 saturated carbocycles. The van der Waals surface area contributed by atoms with Crippen LogP contribution in [0.1, 0.15) is 23.7 Å². The number of ketones is 1. The van der Waals surface area contributed by atoms with Gasteiger partial charge in [0.15, 0.2) is 5.78 Å². The predicted octanol–water partition coefficient (Wildman–Crippen LogP) is 3.28. The Morgan fingerprint density at radius 1 is 1.35 bits per heavy atom. The van der Waals surface area contributed by atoms with Crippen molar-refractivity contribution in [1.82, 2.24) is 0 Å². The molecule has 1 unspecified atom stereocenters. The van der Waals surface area contributed by atoms with Crippen LogP contribution in [0.25, 0.3) is 0 Å². The fourth-order valence-corrected chi connectivity index (χ4v) is 1.55. The molecule has 0 fully saturated rings. The van der Waals surface area contributed by atoms with E-state index in [0.717, 1.165) is 6.42 Å². The number of Topliss-reactive ketones (excluding diaryl/α,β-unsaturated/α-hetero) is 1. The van der Waals surface area contributed by atoms with Crippen molar-refractivity contribution in [2.75, 3.05) is 6.61 Å². The second kappa shape index (κ2) is 8.12. The topological polar surface area (TPSA) is 52.3 Å². The van der Waals surface area contributed by atoms with Crippen molar-refractivity contribution in [1.29, 1.82) is 0 Å². The predicted molar refractivity (Wildman–Crippen MR) is 83.0 cm³/mol. The molecule has 0 spiro atoms. The SMILES string of the molecule is C=C/C=C(\C=C)C(=O)c1ccc(OCC(N)CC)cc1. The van der Waals surface area contributed by atoms with Crippen LogP contribution < -0.4 is 10.5 Å². The van der Waals surface area contributed by atoms with Gasteiger partial charge in [0.05, 0.1) is 0 Å². The Morgan fingerprint density at radius 3 is 2.50 bits per heavy atom. The van der Waals surface area contributed by atoms with Crippen molar-refractivity contribution in [2.24, 2.45) is 5.73 Å². The molecule has 0 aromatic heterocycles. The molecule has 1 atom stereocenters. The van der Waals surface area contributed by atoms with Gasteiger partial charge in [-0.3, -0.25) is 4.79 Å². The Hall–Kier alpha value is -2.13. The van der Waals surface area contributed by atoms with Gasteiger partial charge in [0.25, 0.3) is 0 Å². The number of rotatable bonds is 8. The number of hydrogen-bond donors (Lipinski definition) is 1. The second-order valence-electron chi connectivity index (χ2n) is 4.39. The lowest BCUT2D eigenvalue weighted by atomic mass is 10.0. The molecule has 1 aromatic carbocycles. The zero-order valence-electron chi connectivity index (χ0n) is 11.8. The summed E-state index contributed by atoms with van der Waals surface area (Å²) in [5.41, 5.74) is 6.89. The van der Waals surface area contributed by atoms with E-state index >= 15 is 0 Å². The lowest BCUT2D eigenvalue weighted by Crippen LogP contribution is -2.26. The van der Waals surface area contributed by atoms with Gasteiger partial charge in [-0.05, 0) is 30.7 Å². The number of carbonyl (C=O) groups excluding carboxylic acids is 1. The van der Waals surface area contributed by atoms with Crippen molar-refractivity contribution in [3.8, 4) is 5.75 Å². The van der Waals surface area contributed by atoms with Crippen molar-refractivity contribution in [3.05, 3.63) is 66.8 Å². The van der Waals surface area contributed by atoms with Crippen LogP contribution in [0.2, 0.25) is 0 Å². The van der Waals surface area contributed by atoms with Crippen LogP contribution >= 0.6 is 0 Å². The summed E-state index contributed by atoms with van der Waals surface area (Å²) in [6, 6.07) is 7.03. The first-order valence-corrected chi connectivity index (χ1v) is 6.60. The molecular formula is C17H21NO2. The van der Waals surface area contributed by atoms with E-state index in [1.807, 2.05) is 6.92 Å². The first-order chi connectivity index (χ1) is 9.62. The summed E-state index contributed by atoms with van der Waals surface area (Å²) in [6.07, 6.45) is 5.60. The molecule has 20 heavy (non-hydrogen) atoms. The van der Waals surface area contributed by atoms with Gasteiger partial charge in [0, 0.05) is 17.2 Å². The molecule has 2 N–H and O–H groups in total. The number of nitrogens with two attached hydrogens (primary N) is 1. The standard InChI is InChI=1S/C17H21NO2/c1-4-7-13(5-2)17(19)14-8-10-16(11-9-14)20-12-15(18)6-3/h4-5,7-11,15H,1-2,6,12,18H2,3H3/b13-7+. The van der Waals surface area contributed by atoms with Gasteiger partial charge in [-0.2, -0.15) is 0 Å². The monoisotopic (exact) mass is 271 g/mol. The Labute approximate surface area is 120 Å². The highest BCUT2D eigenvalue weighted by molar-refractivity contribution is 6.10. The quantitative estimate of drug-likeness (QED) is 0.448. The summed E-state index contributed by atoms with van der Waals surface area (Å²) in [5.74, 6) is 0.620. The average molecular weight is 271 g/mol. The minimum absolute atomic E-state index is 0.0270. The third-order valence-corrected chi connectivity index (χ3v) is 2.88. The summed E-state index contributed by atoms with van der Waals surface area (Å²) < 4.78 is 5.54. The Balaban J connectivity index is 2.75. The van der Waals surface area contributed by atoms with Gasteiger partial charge in [0.2, 0.25) is 0 Å². The first kappa shape index (κ1) is 15.9. The smallest absolute Gasteiger partial charge is 0.193 e. The number of carbonyl (C=O) groups is 1. The number of hydrogen-bond acceptors (Lipinski definition) is 3. The van der Waals surface area contributed by atoms with E-state index in [-0.39, 0.29) is 11.8 Å². The highest BCUT2D eigenvalue weighted by atomic mass is 16.5. The fourth-order valence-electron chi connectivity index (χ4n) is 1.55. The summed E-state index contributed by atoms with van der Waals surface area (Å²) in [6.45, 7) is 9.69. The Bertz CT molecular complexity index is 500. The van der Waals surface area contributed by atoms with E-state index in [9.17, 15) is 4.79 Å². The number of allylic oxidation sites excluding steroid dienone is 4. The molecule has 0 bridgehead atoms. The van der Waals surface area contributed by atoms with Crippen LogP contribution in [-0.2, 0) is 0 Å². The molecule has 0 aliphatic carbocycles. The maximum absolute atomic E-state index is 12.1. The molecule has 0 radical (unpaired) electrons. The maximum Gasteiger partial charge on any atom is 0.193 e. The molecular weight excluding hydrogens is 250 g/mol. The van der Waals surface area contributed by atoms with Crippen molar-refractivity contribution < 1.29 is 9.53 Å². The van der Waals surface area contributed by atoms with Crippen LogP contribution in [-0.4, -0.2) is 18.4 Å². The van der Waals surface area contributed by atoms with Crippen LogP contribution in [0.4, 0.5) is 0 Å². The molecule has 0 saturated heterocycles. The molecule has 106 valence electrons. The second-order valence-corrected chi connectivity index (χ2v) is 4.39. The van der Waals surface area contributed by atoms with Gasteiger partial charge >= 0.3 is 0 Å². The molecule has 0 aliphatic heterocycles. The Kier molecular flexibility index (Phi) is 6.47. The van der Waals surface area contributed by atoms with Gasteiger partial charge in [-0.1, -0.05) is 38.3 Å². The number of ether oxygens (including phenoxy) is 1. The molecule has 0 aliphatic rings. The minimum atomic E-state index is -0.0864. The normalized spacial score (nSPS) is 12.6. The number of benzene rings is 1. The van der Waals surface area contributed by atoms with E-state index in [1.165, 1.54) is 6.08 Å². The third kappa shape index (κ3) is 4.52. The zero-order chi connectivity index (χ0) is 15.0. The molecule has 0 heterocycles. The van der Waals surface area contributed by atoms with Crippen LogP contribution in [0.15, 0.2) is 61.2 Å². The summed E-state index contributed by atoms with van der Waals surface area (Å²) >= 11 is 0. The van der Waals surface area contributed by atoms with Gasteiger partial charge in [0.1, 0.15) is 12.4 Å². The van der Waals surface area contributed by atoms with Gasteiger partial charge < -0.3 is 10.5 Å². The van der Waals surface area contributed by atoms with Gasteiger partial charge in [-0.25, -0.2) is 0 Å². The van der Waals surface area contributed by atoms with Crippen LogP contribution in [0.5, 0.6) is 5.75 Å². The maximum atomic E-state index is 12.1. The average Bonchev–Trinajstić information content (AvgIpc) is 2.50. The van der Waals surface area contributed by atoms with Crippen molar-refractivity contribution >= 4 is 5.78 Å². The first-order valence-electron chi connectivity index (χ1n) is 6.60. The summed E-state index contributed by atoms with van der Waals surface area (Å²) in [7, 11) is 0. The van der Waals surface area contributed by atoms with E-state index in [2.05, 4.69) is 13.2 Å². The summed E-state index contributed by atoms with van der Waals surface area (Å²) in [4.78, 5) is 12.1. The van der Waals surface area contributed by atoms with Crippen LogP contribution in [0.3, 0.4) is 0 Å². The van der Waals surface area contributed by atoms with Gasteiger partial charge in [-0.15, -0.1) is 0 Å². The van der Waals surface area contributed by atoms with E-state index in [0.29, 0.717) is 23.5 Å². The largest absolute Gasteiger partial charge is 0.492 e. The highest BCUT2D eigenvalue weighted by Crippen LogP contribution is 2.16.